The highest BCUT2D eigenvalue weighted by Gasteiger charge is 2.79. The Bertz CT molecular complexity index is 2740. The maximum Gasteiger partial charge on any atom is 0.330 e. The van der Waals surface area contributed by atoms with Crippen LogP contribution in [-0.4, -0.2) is 140 Å². The number of Topliss-reactive ketones (excluding diaryl/α,β-unsaturated/α-hetero) is 4. The summed E-state index contributed by atoms with van der Waals surface area (Å²) in [6.45, 7) is 22.4. The first-order chi connectivity index (χ1) is 35.2. The monoisotopic (exact) mass is 1060 g/mol. The highest BCUT2D eigenvalue weighted by Crippen LogP contribution is 2.67. The maximum atomic E-state index is 14.5. The number of allylic oxidation sites excluding steroid dienone is 2. The first kappa shape index (κ1) is 56.9. The molecule has 8 aliphatic rings. The zero-order valence-electron chi connectivity index (χ0n) is 45.6. The molecule has 9 rings (SSSR count). The standard InChI is InChI=1S/C32H40O9.C26H34O9/c1-17-14-22-31(16-39-22,41-19(3)33)26-28(40-23(35)13-12-20-10-8-7-9-11-20)32(38)15-21(34)18(2)24(29(32,4)5)25(36)27(37)30(17,26)6;1-8-17(29)34-22-20-24(7,12(2)9-16-25(20,11-33-16)35-14(4)27)21(31)19(30)18-13(3)15(28)10-26(22,32)23(18,5)6/h7-11,17,22,25-26,28,36,38H,12-16H2,1-6H3;8,12,16,19-20,22,30,32H,1,9-11H2,2-7H3/t17-,22?,25?,26?,28?,30+,31?,32?;12-,16?,19?,20?,22?,24+,25?,26?/m00/s1. The Morgan fingerprint density at radius 3 is 1.42 bits per heavy atom. The van der Waals surface area contributed by atoms with Gasteiger partial charge in [0.15, 0.2) is 34.3 Å². The van der Waals surface area contributed by atoms with Crippen LogP contribution in [0.3, 0.4) is 0 Å². The number of esters is 4. The van der Waals surface area contributed by atoms with Crippen LogP contribution in [0.25, 0.3) is 0 Å². The van der Waals surface area contributed by atoms with E-state index >= 15 is 0 Å². The number of aliphatic hydroxyl groups is 4. The molecule has 2 aliphatic heterocycles. The number of ketones is 4. The van der Waals surface area contributed by atoms with Crippen LogP contribution in [0, 0.1) is 45.3 Å². The van der Waals surface area contributed by atoms with Gasteiger partial charge in [0.25, 0.3) is 0 Å². The van der Waals surface area contributed by atoms with Gasteiger partial charge < -0.3 is 48.8 Å². The number of carbonyl (C=O) groups is 8. The van der Waals surface area contributed by atoms with Gasteiger partial charge in [0.05, 0.1) is 25.0 Å². The van der Waals surface area contributed by atoms with E-state index in [0.717, 1.165) is 11.6 Å². The third kappa shape index (κ3) is 7.91. The number of fused-ring (bicyclic) bond motifs is 10. The maximum absolute atomic E-state index is 14.5. The van der Waals surface area contributed by atoms with Crippen molar-refractivity contribution in [2.75, 3.05) is 13.2 Å². The van der Waals surface area contributed by atoms with Crippen molar-refractivity contribution >= 4 is 47.0 Å². The summed E-state index contributed by atoms with van der Waals surface area (Å²) in [5, 5.41) is 48.2. The summed E-state index contributed by atoms with van der Waals surface area (Å²) in [7, 11) is 0. The fraction of sp³-hybridized carbons (Fsp3) is 0.655. The zero-order chi connectivity index (χ0) is 56.4. The Morgan fingerprint density at radius 2 is 1.07 bits per heavy atom. The second-order valence-corrected chi connectivity index (χ2v) is 24.4. The topological polar surface area (TPSA) is 273 Å². The van der Waals surface area contributed by atoms with Gasteiger partial charge in [-0.2, -0.15) is 0 Å². The van der Waals surface area contributed by atoms with Crippen LogP contribution >= 0.6 is 0 Å². The van der Waals surface area contributed by atoms with Gasteiger partial charge in [-0.3, -0.25) is 33.6 Å². The lowest BCUT2D eigenvalue weighted by atomic mass is 9.43. The first-order valence-electron chi connectivity index (χ1n) is 26.3. The fourth-order valence-electron chi connectivity index (χ4n) is 15.3. The average molecular weight is 1060 g/mol. The van der Waals surface area contributed by atoms with Crippen LogP contribution in [-0.2, 0) is 73.2 Å². The molecular formula is C58H74O18. The zero-order valence-corrected chi connectivity index (χ0v) is 45.6. The molecule has 18 nitrogen and oxygen atoms in total. The normalized spacial score (nSPS) is 41.6. The van der Waals surface area contributed by atoms with Gasteiger partial charge in [0.2, 0.25) is 0 Å². The van der Waals surface area contributed by atoms with Gasteiger partial charge in [-0.15, -0.1) is 0 Å². The van der Waals surface area contributed by atoms with Crippen molar-refractivity contribution in [2.45, 2.75) is 181 Å². The highest BCUT2D eigenvalue weighted by molar-refractivity contribution is 6.03. The third-order valence-electron chi connectivity index (χ3n) is 20.1. The fourth-order valence-corrected chi connectivity index (χ4v) is 15.3. The van der Waals surface area contributed by atoms with Crippen molar-refractivity contribution < 1.29 is 87.2 Å². The van der Waals surface area contributed by atoms with Gasteiger partial charge in [0.1, 0.15) is 47.8 Å². The number of rotatable bonds is 8. The molecule has 2 saturated heterocycles. The predicted octanol–water partition coefficient (Wildman–Crippen LogP) is 4.32. The van der Waals surface area contributed by atoms with Crippen LogP contribution in [0.2, 0.25) is 0 Å². The number of hydrogen-bond acceptors (Lipinski definition) is 18. The number of aliphatic hydroxyl groups excluding tert-OH is 2. The van der Waals surface area contributed by atoms with Gasteiger partial charge >= 0.3 is 23.9 Å². The smallest absolute Gasteiger partial charge is 0.330 e. The van der Waals surface area contributed by atoms with Crippen molar-refractivity contribution in [3.63, 3.8) is 0 Å². The minimum atomic E-state index is -2.03. The molecule has 0 amide bonds. The lowest BCUT2D eigenvalue weighted by Gasteiger charge is -2.67. The van der Waals surface area contributed by atoms with Crippen LogP contribution < -0.4 is 0 Å². The van der Waals surface area contributed by atoms with E-state index in [4.69, 9.17) is 28.4 Å². The summed E-state index contributed by atoms with van der Waals surface area (Å²) in [5.74, 6) is -7.78. The van der Waals surface area contributed by atoms with E-state index < -0.39 is 164 Å². The molecule has 12 unspecified atom stereocenters. The number of benzene rings is 1. The molecule has 2 heterocycles. The molecule has 0 radical (unpaired) electrons. The summed E-state index contributed by atoms with van der Waals surface area (Å²) < 4.78 is 35.6. The molecule has 18 heteroatoms. The summed E-state index contributed by atoms with van der Waals surface area (Å²) >= 11 is 0. The number of hydrogen-bond donors (Lipinski definition) is 4. The molecule has 0 aromatic heterocycles. The number of carbonyl (C=O) groups excluding carboxylic acids is 8. The third-order valence-corrected chi connectivity index (χ3v) is 20.1. The van der Waals surface area contributed by atoms with Gasteiger partial charge in [-0.1, -0.05) is 92.3 Å². The molecule has 414 valence electrons. The van der Waals surface area contributed by atoms with E-state index in [0.29, 0.717) is 19.3 Å². The van der Waals surface area contributed by atoms with Crippen molar-refractivity contribution in [2.24, 2.45) is 45.3 Å². The van der Waals surface area contributed by atoms with Gasteiger partial charge in [-0.25, -0.2) is 4.79 Å². The molecule has 6 fully saturated rings. The highest BCUT2D eigenvalue weighted by atomic mass is 16.6. The minimum Gasteiger partial charge on any atom is -0.459 e. The molecule has 4 saturated carbocycles. The quantitative estimate of drug-likeness (QED) is 0.160. The largest absolute Gasteiger partial charge is 0.459 e. The van der Waals surface area contributed by atoms with Gasteiger partial charge in [-0.05, 0) is 72.8 Å². The van der Waals surface area contributed by atoms with E-state index in [1.54, 1.807) is 48.5 Å². The molecule has 16 atom stereocenters. The molecule has 1 aromatic carbocycles. The summed E-state index contributed by atoms with van der Waals surface area (Å²) in [6, 6.07) is 9.41. The molecule has 6 aliphatic carbocycles. The molecular weight excluding hydrogens is 985 g/mol. The lowest BCUT2D eigenvalue weighted by Crippen LogP contribution is -2.80. The van der Waals surface area contributed by atoms with Crippen molar-refractivity contribution in [1.82, 2.24) is 0 Å². The second kappa shape index (κ2) is 19.0. The number of aryl methyl sites for hydroxylation is 1. The second-order valence-electron chi connectivity index (χ2n) is 24.4. The molecule has 4 N–H and O–H groups in total. The van der Waals surface area contributed by atoms with Crippen molar-refractivity contribution in [3.05, 3.63) is 70.8 Å². The summed E-state index contributed by atoms with van der Waals surface area (Å²) in [5.41, 5.74) is -10.8. The molecule has 1 aromatic rings. The Labute approximate surface area is 442 Å². The van der Waals surface area contributed by atoms with Crippen LogP contribution in [0.1, 0.15) is 121 Å². The first-order valence-corrected chi connectivity index (χ1v) is 26.3. The van der Waals surface area contributed by atoms with Crippen LogP contribution in [0.4, 0.5) is 0 Å². The molecule has 0 spiro atoms. The SMILES string of the molecule is C=CC(=O)OC1C2C3(OC(C)=O)COC3C[C@H](C)[C@@]2(C)C(=O)C(O)C2=C(C)C(=O)CC1(O)C2(C)C.CC(=O)OC12COC1C[C@H](C)[C@@]1(C)C(=O)C(O)C3=C(C)C(=O)CC(O)(C(OC(=O)CCc4ccccc4)C21)C3(C)C. The molecule has 4 bridgehead atoms. The van der Waals surface area contributed by atoms with Crippen LogP contribution in [0.5, 0.6) is 0 Å². The van der Waals surface area contributed by atoms with Gasteiger partial charge in [0, 0.05) is 60.8 Å². The lowest BCUT2D eigenvalue weighted by molar-refractivity contribution is -0.340. The summed E-state index contributed by atoms with van der Waals surface area (Å²) in [4.78, 5) is 106. The van der Waals surface area contributed by atoms with E-state index in [1.807, 2.05) is 44.2 Å². The Hall–Kier alpha value is -5.24. The molecule has 76 heavy (non-hydrogen) atoms. The Kier molecular flexibility index (Phi) is 14.2. The van der Waals surface area contributed by atoms with Crippen molar-refractivity contribution in [3.8, 4) is 0 Å². The van der Waals surface area contributed by atoms with E-state index in [1.165, 1.54) is 20.8 Å². The Morgan fingerprint density at radius 1 is 0.671 bits per heavy atom. The van der Waals surface area contributed by atoms with E-state index in [9.17, 15) is 58.8 Å². The minimum absolute atomic E-state index is 0.0112. The Balaban J connectivity index is 0.000000204. The van der Waals surface area contributed by atoms with E-state index in [2.05, 4.69) is 6.58 Å². The van der Waals surface area contributed by atoms with Crippen molar-refractivity contribution in [1.29, 1.82) is 0 Å². The van der Waals surface area contributed by atoms with E-state index in [-0.39, 0.29) is 41.9 Å². The summed E-state index contributed by atoms with van der Waals surface area (Å²) in [6.07, 6.45) is -6.26. The average Bonchev–Trinajstić information content (AvgIpc) is 3.39. The number of ether oxygens (including phenoxy) is 6. The predicted molar refractivity (Wildman–Crippen MR) is 268 cm³/mol. The van der Waals surface area contributed by atoms with Crippen LogP contribution in [0.15, 0.2) is 65.3 Å².